The third-order valence-corrected chi connectivity index (χ3v) is 3.54. The molecule has 0 aliphatic carbocycles. The van der Waals surface area contributed by atoms with Crippen LogP contribution in [-0.2, 0) is 4.74 Å². The monoisotopic (exact) mass is 332 g/mol. The van der Waals surface area contributed by atoms with E-state index in [1.165, 1.54) is 0 Å². The van der Waals surface area contributed by atoms with Crippen LogP contribution in [0.2, 0.25) is 0 Å². The highest BCUT2D eigenvalue weighted by Crippen LogP contribution is 2.29. The van der Waals surface area contributed by atoms with E-state index in [4.69, 9.17) is 4.74 Å². The minimum atomic E-state index is -0.331. The standard InChI is InChI=1S/C14H16N4O2.2C2H6/c1-9-14(20-3)18-11-7-5-4-6-10(11)13(19)17(2)8-12(18)16-15-9;2*1-2/h4-7,14H,8H2,1-3H3;2*1-2H3. The fourth-order valence-corrected chi connectivity index (χ4v) is 2.56. The van der Waals surface area contributed by atoms with Crippen LogP contribution in [-0.4, -0.2) is 49.3 Å². The maximum absolute atomic E-state index is 12.4. The number of ether oxygens (including phenoxy) is 1. The molecule has 3 rings (SSSR count). The highest BCUT2D eigenvalue weighted by atomic mass is 16.5. The zero-order chi connectivity index (χ0) is 18.3. The van der Waals surface area contributed by atoms with E-state index >= 15 is 0 Å². The number of amides is 1. The number of anilines is 1. The van der Waals surface area contributed by atoms with Gasteiger partial charge in [-0.1, -0.05) is 39.8 Å². The lowest BCUT2D eigenvalue weighted by Gasteiger charge is -2.34. The van der Waals surface area contributed by atoms with Gasteiger partial charge in [0.05, 0.1) is 23.5 Å². The van der Waals surface area contributed by atoms with Gasteiger partial charge in [0.15, 0.2) is 12.1 Å². The number of hydrogen-bond donors (Lipinski definition) is 0. The molecule has 0 saturated heterocycles. The Balaban J connectivity index is 0.000000671. The van der Waals surface area contributed by atoms with E-state index in [-0.39, 0.29) is 12.1 Å². The number of rotatable bonds is 1. The fraction of sp³-hybridized carbons (Fsp3) is 0.500. The number of nitrogens with zero attached hydrogens (tertiary/aromatic N) is 4. The highest BCUT2D eigenvalue weighted by Gasteiger charge is 2.35. The molecular formula is C18H28N4O2. The third-order valence-electron chi connectivity index (χ3n) is 3.54. The molecule has 2 heterocycles. The highest BCUT2D eigenvalue weighted by molar-refractivity contribution is 6.14. The molecule has 0 fully saturated rings. The Bertz CT molecular complexity index is 625. The van der Waals surface area contributed by atoms with Gasteiger partial charge in [0.2, 0.25) is 0 Å². The van der Waals surface area contributed by atoms with Crippen molar-refractivity contribution in [3.8, 4) is 0 Å². The lowest BCUT2D eigenvalue weighted by Crippen LogP contribution is -2.50. The summed E-state index contributed by atoms with van der Waals surface area (Å²) in [5.74, 6) is 0.688. The van der Waals surface area contributed by atoms with Crippen LogP contribution >= 0.6 is 0 Å². The van der Waals surface area contributed by atoms with E-state index in [1.54, 1.807) is 19.1 Å². The van der Waals surface area contributed by atoms with Crippen LogP contribution in [0.5, 0.6) is 0 Å². The van der Waals surface area contributed by atoms with Crippen molar-refractivity contribution < 1.29 is 9.53 Å². The molecule has 0 bridgehead atoms. The Kier molecular flexibility index (Phi) is 7.58. The third kappa shape index (κ3) is 3.64. The largest absolute Gasteiger partial charge is 0.355 e. The molecule has 1 amide bonds. The molecule has 0 radical (unpaired) electrons. The number of amidine groups is 1. The first-order valence-electron chi connectivity index (χ1n) is 8.41. The molecule has 0 N–H and O–H groups in total. The van der Waals surface area contributed by atoms with Crippen molar-refractivity contribution >= 4 is 23.1 Å². The van der Waals surface area contributed by atoms with Gasteiger partial charge in [0.1, 0.15) is 0 Å². The molecule has 6 nitrogen and oxygen atoms in total. The minimum Gasteiger partial charge on any atom is -0.355 e. The molecule has 2 aliphatic heterocycles. The Morgan fingerprint density at radius 3 is 2.38 bits per heavy atom. The number of benzene rings is 1. The molecular weight excluding hydrogens is 304 g/mol. The van der Waals surface area contributed by atoms with Crippen LogP contribution in [0.15, 0.2) is 34.5 Å². The molecule has 132 valence electrons. The van der Waals surface area contributed by atoms with Crippen molar-refractivity contribution in [3.05, 3.63) is 29.8 Å². The summed E-state index contributed by atoms with van der Waals surface area (Å²) < 4.78 is 5.54. The fourth-order valence-electron chi connectivity index (χ4n) is 2.56. The van der Waals surface area contributed by atoms with Crippen molar-refractivity contribution in [2.75, 3.05) is 25.6 Å². The quantitative estimate of drug-likeness (QED) is 0.792. The Hall–Kier alpha value is -2.21. The summed E-state index contributed by atoms with van der Waals surface area (Å²) in [7, 11) is 3.39. The lowest BCUT2D eigenvalue weighted by molar-refractivity contribution is 0.0817. The van der Waals surface area contributed by atoms with Crippen LogP contribution in [0, 0.1) is 0 Å². The van der Waals surface area contributed by atoms with Gasteiger partial charge in [0, 0.05) is 14.2 Å². The number of methoxy groups -OCH3 is 1. The lowest BCUT2D eigenvalue weighted by atomic mass is 10.1. The number of para-hydroxylation sites is 1. The SMILES string of the molecule is CC.CC.COC1C(C)=NN=C2CN(C)C(=O)c3ccccc3N21. The van der Waals surface area contributed by atoms with E-state index in [1.807, 2.05) is 63.8 Å². The zero-order valence-electron chi connectivity index (χ0n) is 15.7. The zero-order valence-corrected chi connectivity index (χ0v) is 15.7. The summed E-state index contributed by atoms with van der Waals surface area (Å²) in [5.41, 5.74) is 2.22. The molecule has 0 spiro atoms. The second kappa shape index (κ2) is 9.17. The predicted octanol–water partition coefficient (Wildman–Crippen LogP) is 3.39. The van der Waals surface area contributed by atoms with E-state index in [0.29, 0.717) is 17.9 Å². The Morgan fingerprint density at radius 1 is 1.12 bits per heavy atom. The number of carbonyl (C=O) groups excluding carboxylic acids is 1. The first-order chi connectivity index (χ1) is 11.6. The van der Waals surface area contributed by atoms with E-state index < -0.39 is 0 Å². The van der Waals surface area contributed by atoms with Gasteiger partial charge in [-0.25, -0.2) is 0 Å². The molecule has 24 heavy (non-hydrogen) atoms. The van der Waals surface area contributed by atoms with Crippen LogP contribution < -0.4 is 4.90 Å². The van der Waals surface area contributed by atoms with Gasteiger partial charge in [-0.15, -0.1) is 5.10 Å². The summed E-state index contributed by atoms with van der Waals surface area (Å²) in [4.78, 5) is 16.0. The van der Waals surface area contributed by atoms with E-state index in [2.05, 4.69) is 10.2 Å². The molecule has 2 aliphatic rings. The van der Waals surface area contributed by atoms with Crippen LogP contribution in [0.4, 0.5) is 5.69 Å². The van der Waals surface area contributed by atoms with Gasteiger partial charge in [-0.3, -0.25) is 9.69 Å². The van der Waals surface area contributed by atoms with Gasteiger partial charge in [0.25, 0.3) is 5.91 Å². The number of fused-ring (bicyclic) bond motifs is 3. The number of likely N-dealkylation sites (N-methyl/N-ethyl adjacent to an activating group) is 1. The van der Waals surface area contributed by atoms with Crippen LogP contribution in [0.1, 0.15) is 45.0 Å². The number of carbonyl (C=O) groups is 1. The summed E-state index contributed by atoms with van der Waals surface area (Å²) in [6.07, 6.45) is -0.331. The number of hydrogen-bond acceptors (Lipinski definition) is 5. The van der Waals surface area contributed by atoms with Crippen molar-refractivity contribution in [3.63, 3.8) is 0 Å². The molecule has 0 saturated carbocycles. The Labute approximate surface area is 144 Å². The minimum absolute atomic E-state index is 0.0230. The summed E-state index contributed by atoms with van der Waals surface area (Å²) in [5, 5.41) is 8.37. The molecule has 1 unspecified atom stereocenters. The second-order valence-electron chi connectivity index (χ2n) is 4.89. The summed E-state index contributed by atoms with van der Waals surface area (Å²) >= 11 is 0. The van der Waals surface area contributed by atoms with Gasteiger partial charge in [-0.2, -0.15) is 5.10 Å². The van der Waals surface area contributed by atoms with Crippen LogP contribution in [0.25, 0.3) is 0 Å². The van der Waals surface area contributed by atoms with E-state index in [9.17, 15) is 4.79 Å². The topological polar surface area (TPSA) is 57.5 Å². The molecule has 6 heteroatoms. The maximum atomic E-state index is 12.4. The smallest absolute Gasteiger partial charge is 0.256 e. The normalized spacial score (nSPS) is 18.6. The van der Waals surface area contributed by atoms with Crippen LogP contribution in [0.3, 0.4) is 0 Å². The van der Waals surface area contributed by atoms with Gasteiger partial charge < -0.3 is 9.64 Å². The second-order valence-corrected chi connectivity index (χ2v) is 4.89. The first kappa shape index (κ1) is 19.8. The van der Waals surface area contributed by atoms with Crippen molar-refractivity contribution in [1.82, 2.24) is 4.90 Å². The average molecular weight is 332 g/mol. The van der Waals surface area contributed by atoms with Crippen molar-refractivity contribution in [2.24, 2.45) is 10.2 Å². The summed E-state index contributed by atoms with van der Waals surface area (Å²) in [6, 6.07) is 7.50. The summed E-state index contributed by atoms with van der Waals surface area (Å²) in [6.45, 7) is 10.3. The predicted molar refractivity (Wildman–Crippen MR) is 99.9 cm³/mol. The molecule has 0 aromatic heterocycles. The van der Waals surface area contributed by atoms with E-state index in [0.717, 1.165) is 11.4 Å². The van der Waals surface area contributed by atoms with Gasteiger partial charge in [-0.05, 0) is 19.1 Å². The Morgan fingerprint density at radius 2 is 1.75 bits per heavy atom. The first-order valence-corrected chi connectivity index (χ1v) is 8.41. The van der Waals surface area contributed by atoms with Gasteiger partial charge >= 0.3 is 0 Å². The van der Waals surface area contributed by atoms with Crippen molar-refractivity contribution in [2.45, 2.75) is 40.8 Å². The van der Waals surface area contributed by atoms with Crippen molar-refractivity contribution in [1.29, 1.82) is 0 Å². The average Bonchev–Trinajstić information content (AvgIpc) is 2.75. The molecule has 1 atom stereocenters. The maximum Gasteiger partial charge on any atom is 0.256 e. The molecule has 1 aromatic rings. The molecule has 1 aromatic carbocycles.